The van der Waals surface area contributed by atoms with E-state index in [1.807, 2.05) is 18.2 Å². The monoisotopic (exact) mass is 497 g/mol. The number of nitrogens with zero attached hydrogens (tertiary/aromatic N) is 3. The minimum absolute atomic E-state index is 0.183. The molecule has 1 aliphatic rings. The summed E-state index contributed by atoms with van der Waals surface area (Å²) >= 11 is 0. The van der Waals surface area contributed by atoms with Crippen LogP contribution in [0.5, 0.6) is 11.5 Å². The average molecular weight is 498 g/mol. The third kappa shape index (κ3) is 4.82. The number of hydrogen-bond donors (Lipinski definition) is 2. The Bertz CT molecular complexity index is 1330. The van der Waals surface area contributed by atoms with E-state index in [0.29, 0.717) is 17.6 Å². The van der Waals surface area contributed by atoms with Crippen molar-refractivity contribution in [3.8, 4) is 22.6 Å². The predicted octanol–water partition coefficient (Wildman–Crippen LogP) is 4.66. The minimum Gasteiger partial charge on any atom is -0.504 e. The first-order valence-corrected chi connectivity index (χ1v) is 13.7. The second-order valence-corrected chi connectivity index (χ2v) is 12.5. The van der Waals surface area contributed by atoms with Gasteiger partial charge in [0.15, 0.2) is 21.3 Å². The second kappa shape index (κ2) is 9.66. The Balaban J connectivity index is 1.85. The lowest BCUT2D eigenvalue weighted by Gasteiger charge is -2.39. The molecule has 8 heteroatoms. The number of pyridine rings is 1. The number of rotatable bonds is 6. The molecule has 7 nitrogen and oxygen atoms in total. The number of phenolic OH excluding ortho intramolecular Hbond substituents is 2. The van der Waals surface area contributed by atoms with Gasteiger partial charge >= 0.3 is 0 Å². The summed E-state index contributed by atoms with van der Waals surface area (Å²) in [5, 5.41) is 19.9. The number of aromatic nitrogens is 1. The van der Waals surface area contributed by atoms with Crippen molar-refractivity contribution < 1.29 is 18.6 Å². The zero-order valence-corrected chi connectivity index (χ0v) is 21.9. The lowest BCUT2D eigenvalue weighted by Crippen LogP contribution is -2.42. The van der Waals surface area contributed by atoms with Crippen LogP contribution in [-0.2, 0) is 9.84 Å². The van der Waals surface area contributed by atoms with Gasteiger partial charge in [0.2, 0.25) is 0 Å². The molecular formula is C27H35N3O4S. The molecule has 0 spiro atoms. The number of aromatic hydroxyl groups is 2. The van der Waals surface area contributed by atoms with Gasteiger partial charge in [0, 0.05) is 30.7 Å². The van der Waals surface area contributed by atoms with E-state index in [2.05, 4.69) is 35.8 Å². The Morgan fingerprint density at radius 2 is 1.60 bits per heavy atom. The molecule has 1 unspecified atom stereocenters. The van der Waals surface area contributed by atoms with Crippen LogP contribution < -0.4 is 4.90 Å². The molecule has 1 atom stereocenters. The highest BCUT2D eigenvalue weighted by Gasteiger charge is 2.31. The summed E-state index contributed by atoms with van der Waals surface area (Å²) in [6, 6.07) is 10.9. The van der Waals surface area contributed by atoms with E-state index in [-0.39, 0.29) is 16.4 Å². The van der Waals surface area contributed by atoms with Gasteiger partial charge in [-0.2, -0.15) is 0 Å². The number of phenols is 2. The Morgan fingerprint density at radius 3 is 2.20 bits per heavy atom. The Kier molecular flexibility index (Phi) is 6.97. The maximum atomic E-state index is 13.4. The Morgan fingerprint density at radius 1 is 0.971 bits per heavy atom. The first kappa shape index (κ1) is 25.3. The van der Waals surface area contributed by atoms with Crippen molar-refractivity contribution in [1.29, 1.82) is 0 Å². The first-order valence-electron chi connectivity index (χ1n) is 12.1. The van der Waals surface area contributed by atoms with E-state index in [1.54, 1.807) is 19.9 Å². The van der Waals surface area contributed by atoms with Gasteiger partial charge in [-0.3, -0.25) is 4.98 Å². The Labute approximate surface area is 207 Å². The molecule has 1 aromatic heterocycles. The SMILES string of the molecule is CC(C1CCN(c2c(S(=O)(=O)C(C)C)cnc3ccc(-c4ccc(O)c(O)c4)cc23)CC1)N(C)C. The summed E-state index contributed by atoms with van der Waals surface area (Å²) in [6.07, 6.45) is 3.47. The largest absolute Gasteiger partial charge is 0.504 e. The molecule has 2 aromatic carbocycles. The molecule has 1 fully saturated rings. The van der Waals surface area contributed by atoms with Gasteiger partial charge in [-0.1, -0.05) is 12.1 Å². The second-order valence-electron chi connectivity index (χ2n) is 10.0. The van der Waals surface area contributed by atoms with Gasteiger partial charge in [0.1, 0.15) is 4.90 Å². The van der Waals surface area contributed by atoms with Crippen LogP contribution in [0.1, 0.15) is 33.6 Å². The van der Waals surface area contributed by atoms with E-state index in [9.17, 15) is 18.6 Å². The van der Waals surface area contributed by atoms with Crippen molar-refractivity contribution in [2.24, 2.45) is 5.92 Å². The fourth-order valence-corrected chi connectivity index (χ4v) is 6.07. The maximum Gasteiger partial charge on any atom is 0.184 e. The molecule has 188 valence electrons. The number of sulfone groups is 1. The van der Waals surface area contributed by atoms with Gasteiger partial charge in [-0.05, 0) is 89.0 Å². The highest BCUT2D eigenvalue weighted by atomic mass is 32.2. The van der Waals surface area contributed by atoms with Crippen LogP contribution in [0.15, 0.2) is 47.5 Å². The molecule has 0 amide bonds. The van der Waals surface area contributed by atoms with Crippen molar-refractivity contribution >= 4 is 26.4 Å². The summed E-state index contributed by atoms with van der Waals surface area (Å²) in [4.78, 5) is 9.24. The van der Waals surface area contributed by atoms with Crippen LogP contribution in [0.3, 0.4) is 0 Å². The standard InChI is InChI=1S/C27H35N3O4S/c1-17(2)35(33,34)26-16-28-23-8-6-20(21-7-9-24(31)25(32)15-21)14-22(23)27(26)30-12-10-19(11-13-30)18(3)29(4)5/h6-9,14-19,31-32H,10-13H2,1-5H3. The highest BCUT2D eigenvalue weighted by molar-refractivity contribution is 7.92. The topological polar surface area (TPSA) is 94.0 Å². The van der Waals surface area contributed by atoms with Crippen molar-refractivity contribution in [2.45, 2.75) is 49.8 Å². The molecular weight excluding hydrogens is 462 g/mol. The minimum atomic E-state index is -3.57. The van der Waals surface area contributed by atoms with Crippen molar-refractivity contribution in [2.75, 3.05) is 32.1 Å². The van der Waals surface area contributed by atoms with E-state index in [1.165, 1.54) is 18.3 Å². The van der Waals surface area contributed by atoms with Crippen LogP contribution in [0.4, 0.5) is 5.69 Å². The molecule has 1 aliphatic heterocycles. The smallest absolute Gasteiger partial charge is 0.184 e. The van der Waals surface area contributed by atoms with Gasteiger partial charge < -0.3 is 20.0 Å². The van der Waals surface area contributed by atoms with Gasteiger partial charge in [0.05, 0.1) is 16.5 Å². The van der Waals surface area contributed by atoms with Crippen LogP contribution in [-0.4, -0.2) is 67.0 Å². The zero-order chi connectivity index (χ0) is 25.5. The highest BCUT2D eigenvalue weighted by Crippen LogP contribution is 2.39. The quantitative estimate of drug-likeness (QED) is 0.478. The van der Waals surface area contributed by atoms with Crippen molar-refractivity contribution in [1.82, 2.24) is 9.88 Å². The molecule has 2 heterocycles. The van der Waals surface area contributed by atoms with Crippen LogP contribution in [0, 0.1) is 5.92 Å². The molecule has 2 N–H and O–H groups in total. The fourth-order valence-electron chi connectivity index (χ4n) is 4.86. The van der Waals surface area contributed by atoms with Crippen LogP contribution in [0.2, 0.25) is 0 Å². The van der Waals surface area contributed by atoms with E-state index in [4.69, 9.17) is 0 Å². The number of benzene rings is 2. The van der Waals surface area contributed by atoms with E-state index in [0.717, 1.165) is 48.0 Å². The maximum absolute atomic E-state index is 13.4. The molecule has 0 aliphatic carbocycles. The number of fused-ring (bicyclic) bond motifs is 1. The van der Waals surface area contributed by atoms with Crippen molar-refractivity contribution in [3.05, 3.63) is 42.6 Å². The average Bonchev–Trinajstić information content (AvgIpc) is 2.84. The van der Waals surface area contributed by atoms with Crippen LogP contribution in [0.25, 0.3) is 22.0 Å². The first-order chi connectivity index (χ1) is 16.5. The predicted molar refractivity (Wildman–Crippen MR) is 141 cm³/mol. The third-order valence-electron chi connectivity index (χ3n) is 7.39. The van der Waals surface area contributed by atoms with Gasteiger partial charge in [-0.25, -0.2) is 8.42 Å². The lowest BCUT2D eigenvalue weighted by molar-refractivity contribution is 0.199. The summed E-state index contributed by atoms with van der Waals surface area (Å²) in [7, 11) is 0.634. The molecule has 4 rings (SSSR count). The summed E-state index contributed by atoms with van der Waals surface area (Å²) in [6.45, 7) is 7.18. The number of anilines is 1. The normalized spacial score (nSPS) is 16.4. The van der Waals surface area contributed by atoms with E-state index >= 15 is 0 Å². The van der Waals surface area contributed by atoms with Crippen LogP contribution >= 0.6 is 0 Å². The molecule has 3 aromatic rings. The molecule has 0 saturated carbocycles. The Hall–Kier alpha value is -2.84. The zero-order valence-electron chi connectivity index (χ0n) is 21.1. The fraction of sp³-hybridized carbons (Fsp3) is 0.444. The van der Waals surface area contributed by atoms with Gasteiger partial charge in [-0.15, -0.1) is 0 Å². The third-order valence-corrected chi connectivity index (χ3v) is 9.55. The van der Waals surface area contributed by atoms with E-state index < -0.39 is 15.1 Å². The van der Waals surface area contributed by atoms with Crippen molar-refractivity contribution in [3.63, 3.8) is 0 Å². The summed E-state index contributed by atoms with van der Waals surface area (Å²) in [5.41, 5.74) is 2.97. The number of hydrogen-bond acceptors (Lipinski definition) is 7. The molecule has 35 heavy (non-hydrogen) atoms. The summed E-state index contributed by atoms with van der Waals surface area (Å²) in [5.74, 6) is 0.168. The van der Waals surface area contributed by atoms with Gasteiger partial charge in [0.25, 0.3) is 0 Å². The molecule has 0 bridgehead atoms. The molecule has 1 saturated heterocycles. The number of piperidine rings is 1. The lowest BCUT2D eigenvalue weighted by atomic mass is 9.89. The summed E-state index contributed by atoms with van der Waals surface area (Å²) < 4.78 is 26.8. The molecule has 0 radical (unpaired) electrons.